The fourth-order valence-electron chi connectivity index (χ4n) is 2.83. The smallest absolute Gasteiger partial charge is 0.337 e. The molecule has 8 nitrogen and oxygen atoms in total. The molecule has 1 N–H and O–H groups in total. The standard InChI is InChI=1S/C23H26N4O4S/c1-15(2)16-7-11-19(12-8-16)31-13-20-25-26-23(27(20)3)32-14-21(28)24-18-9-5-17(6-10-18)22(29)30-4/h5-12,15H,13-14H2,1-4H3,(H,24,28). The maximum absolute atomic E-state index is 12.3. The minimum absolute atomic E-state index is 0.169. The molecule has 0 spiro atoms. The second-order valence-electron chi connectivity index (χ2n) is 7.38. The van der Waals surface area contributed by atoms with Crippen molar-refractivity contribution in [3.05, 3.63) is 65.5 Å². The summed E-state index contributed by atoms with van der Waals surface area (Å²) in [5.74, 6) is 1.46. The summed E-state index contributed by atoms with van der Waals surface area (Å²) < 4.78 is 12.3. The number of aromatic nitrogens is 3. The highest BCUT2D eigenvalue weighted by Crippen LogP contribution is 2.21. The zero-order valence-electron chi connectivity index (χ0n) is 18.5. The number of benzene rings is 2. The molecule has 168 valence electrons. The molecule has 1 heterocycles. The van der Waals surface area contributed by atoms with E-state index in [0.717, 1.165) is 5.75 Å². The summed E-state index contributed by atoms with van der Waals surface area (Å²) in [5.41, 5.74) is 2.27. The molecule has 0 unspecified atom stereocenters. The summed E-state index contributed by atoms with van der Waals surface area (Å²) in [5, 5.41) is 11.7. The van der Waals surface area contributed by atoms with E-state index in [-0.39, 0.29) is 18.3 Å². The number of anilines is 1. The molecule has 0 atom stereocenters. The summed E-state index contributed by atoms with van der Waals surface area (Å²) >= 11 is 1.28. The van der Waals surface area contributed by atoms with E-state index in [4.69, 9.17) is 4.74 Å². The maximum Gasteiger partial charge on any atom is 0.337 e. The number of esters is 1. The van der Waals surface area contributed by atoms with E-state index in [1.165, 1.54) is 24.4 Å². The topological polar surface area (TPSA) is 95.3 Å². The third-order valence-corrected chi connectivity index (χ3v) is 5.78. The number of amides is 1. The first-order valence-electron chi connectivity index (χ1n) is 10.1. The number of hydrogen-bond donors (Lipinski definition) is 1. The van der Waals surface area contributed by atoms with Gasteiger partial charge in [0.25, 0.3) is 0 Å². The van der Waals surface area contributed by atoms with Crippen LogP contribution in [0.3, 0.4) is 0 Å². The predicted octanol–water partition coefficient (Wildman–Crippen LogP) is 4.03. The summed E-state index contributed by atoms with van der Waals surface area (Å²) in [6, 6.07) is 14.5. The Hall–Kier alpha value is -3.33. The van der Waals surface area contributed by atoms with Gasteiger partial charge in [-0.1, -0.05) is 37.7 Å². The first-order valence-corrected chi connectivity index (χ1v) is 11.1. The molecule has 1 amide bonds. The van der Waals surface area contributed by atoms with E-state index in [1.54, 1.807) is 24.3 Å². The number of nitrogens with zero attached hydrogens (tertiary/aromatic N) is 3. The van der Waals surface area contributed by atoms with Gasteiger partial charge in [0.1, 0.15) is 12.4 Å². The van der Waals surface area contributed by atoms with Crippen molar-refractivity contribution < 1.29 is 19.1 Å². The Bertz CT molecular complexity index is 1060. The van der Waals surface area contributed by atoms with Crippen molar-refractivity contribution in [1.82, 2.24) is 14.8 Å². The Kier molecular flexibility index (Phi) is 7.88. The number of nitrogens with one attached hydrogen (secondary N) is 1. The van der Waals surface area contributed by atoms with E-state index < -0.39 is 5.97 Å². The van der Waals surface area contributed by atoms with E-state index in [2.05, 4.69) is 46.2 Å². The Morgan fingerprint density at radius 3 is 2.38 bits per heavy atom. The van der Waals surface area contributed by atoms with Crippen LogP contribution >= 0.6 is 11.8 Å². The van der Waals surface area contributed by atoms with Gasteiger partial charge in [0.05, 0.1) is 18.4 Å². The molecule has 0 aliphatic rings. The van der Waals surface area contributed by atoms with Crippen molar-refractivity contribution in [3.8, 4) is 5.75 Å². The zero-order valence-corrected chi connectivity index (χ0v) is 19.3. The molecule has 2 aromatic carbocycles. The van der Waals surface area contributed by atoms with E-state index >= 15 is 0 Å². The van der Waals surface area contributed by atoms with Crippen molar-refractivity contribution in [3.63, 3.8) is 0 Å². The normalized spacial score (nSPS) is 10.8. The van der Waals surface area contributed by atoms with Crippen molar-refractivity contribution in [1.29, 1.82) is 0 Å². The average molecular weight is 455 g/mol. The molecule has 0 aliphatic heterocycles. The molecule has 0 saturated carbocycles. The highest BCUT2D eigenvalue weighted by atomic mass is 32.2. The van der Waals surface area contributed by atoms with Gasteiger partial charge in [-0.15, -0.1) is 10.2 Å². The maximum atomic E-state index is 12.3. The van der Waals surface area contributed by atoms with Crippen LogP contribution in [0.15, 0.2) is 53.7 Å². The van der Waals surface area contributed by atoms with Crippen LogP contribution in [-0.2, 0) is 23.2 Å². The lowest BCUT2D eigenvalue weighted by atomic mass is 10.0. The molecular weight excluding hydrogens is 428 g/mol. The number of thioether (sulfide) groups is 1. The number of rotatable bonds is 9. The van der Waals surface area contributed by atoms with Gasteiger partial charge in [-0.3, -0.25) is 4.79 Å². The van der Waals surface area contributed by atoms with E-state index in [1.807, 2.05) is 23.7 Å². The van der Waals surface area contributed by atoms with Crippen LogP contribution in [0.2, 0.25) is 0 Å². The van der Waals surface area contributed by atoms with Crippen molar-refractivity contribution in [2.24, 2.45) is 7.05 Å². The molecular formula is C23H26N4O4S. The number of methoxy groups -OCH3 is 1. The quantitative estimate of drug-likeness (QED) is 0.385. The first kappa shape index (κ1) is 23.3. The fraction of sp³-hybridized carbons (Fsp3) is 0.304. The van der Waals surface area contributed by atoms with Crippen LogP contribution in [0.1, 0.15) is 41.5 Å². The molecule has 3 rings (SSSR count). The molecule has 3 aromatic rings. The molecule has 0 aliphatic carbocycles. The average Bonchev–Trinajstić information content (AvgIpc) is 3.15. The van der Waals surface area contributed by atoms with Crippen molar-refractivity contribution in [2.75, 3.05) is 18.2 Å². The van der Waals surface area contributed by atoms with Gasteiger partial charge >= 0.3 is 5.97 Å². The third kappa shape index (κ3) is 6.10. The molecule has 0 saturated heterocycles. The van der Waals surface area contributed by atoms with Crippen LogP contribution in [0.25, 0.3) is 0 Å². The fourth-order valence-corrected chi connectivity index (χ4v) is 3.56. The Labute approximate surface area is 191 Å². The lowest BCUT2D eigenvalue weighted by Crippen LogP contribution is -2.14. The Morgan fingerprint density at radius 1 is 1.06 bits per heavy atom. The SMILES string of the molecule is COC(=O)c1ccc(NC(=O)CSc2nnc(COc3ccc(C(C)C)cc3)n2C)cc1. The van der Waals surface area contributed by atoms with Gasteiger partial charge in [0, 0.05) is 12.7 Å². The minimum Gasteiger partial charge on any atom is -0.486 e. The number of hydrogen-bond acceptors (Lipinski definition) is 7. The monoisotopic (exact) mass is 454 g/mol. The second kappa shape index (κ2) is 10.8. The largest absolute Gasteiger partial charge is 0.486 e. The molecule has 9 heteroatoms. The van der Waals surface area contributed by atoms with Crippen LogP contribution in [-0.4, -0.2) is 39.5 Å². The summed E-state index contributed by atoms with van der Waals surface area (Å²) in [6.07, 6.45) is 0. The molecule has 0 fully saturated rings. The minimum atomic E-state index is -0.423. The van der Waals surface area contributed by atoms with Crippen molar-refractivity contribution in [2.45, 2.75) is 31.5 Å². The highest BCUT2D eigenvalue weighted by molar-refractivity contribution is 7.99. The zero-order chi connectivity index (χ0) is 23.1. The lowest BCUT2D eigenvalue weighted by molar-refractivity contribution is -0.113. The molecule has 0 bridgehead atoms. The number of carbonyl (C=O) groups is 2. The Morgan fingerprint density at radius 2 is 1.75 bits per heavy atom. The van der Waals surface area contributed by atoms with Crippen molar-refractivity contribution >= 4 is 29.3 Å². The van der Waals surface area contributed by atoms with Gasteiger partial charge in [0.2, 0.25) is 5.91 Å². The third-order valence-electron chi connectivity index (χ3n) is 4.76. The van der Waals surface area contributed by atoms with Crippen LogP contribution in [0.4, 0.5) is 5.69 Å². The van der Waals surface area contributed by atoms with E-state index in [9.17, 15) is 9.59 Å². The van der Waals surface area contributed by atoms with Crippen LogP contribution in [0, 0.1) is 0 Å². The summed E-state index contributed by atoms with van der Waals surface area (Å²) in [7, 11) is 3.16. The number of ether oxygens (including phenoxy) is 2. The molecule has 0 radical (unpaired) electrons. The van der Waals surface area contributed by atoms with Gasteiger partial charge in [-0.2, -0.15) is 0 Å². The Balaban J connectivity index is 1.49. The van der Waals surface area contributed by atoms with Gasteiger partial charge in [0.15, 0.2) is 11.0 Å². The van der Waals surface area contributed by atoms with Crippen LogP contribution in [0.5, 0.6) is 5.75 Å². The lowest BCUT2D eigenvalue weighted by Gasteiger charge is -2.09. The highest BCUT2D eigenvalue weighted by Gasteiger charge is 2.13. The second-order valence-corrected chi connectivity index (χ2v) is 8.32. The summed E-state index contributed by atoms with van der Waals surface area (Å²) in [6.45, 7) is 4.58. The number of carbonyl (C=O) groups excluding carboxylic acids is 2. The van der Waals surface area contributed by atoms with E-state index in [0.29, 0.717) is 28.1 Å². The predicted molar refractivity (Wildman–Crippen MR) is 123 cm³/mol. The molecule has 1 aromatic heterocycles. The van der Waals surface area contributed by atoms with Gasteiger partial charge in [-0.25, -0.2) is 4.79 Å². The first-order chi connectivity index (χ1) is 15.4. The summed E-state index contributed by atoms with van der Waals surface area (Å²) in [4.78, 5) is 23.7. The van der Waals surface area contributed by atoms with Gasteiger partial charge in [-0.05, 0) is 47.9 Å². The van der Waals surface area contributed by atoms with Gasteiger partial charge < -0.3 is 19.4 Å². The van der Waals surface area contributed by atoms with Crippen LogP contribution < -0.4 is 10.1 Å². The molecule has 32 heavy (non-hydrogen) atoms.